The van der Waals surface area contributed by atoms with Crippen LogP contribution in [-0.4, -0.2) is 6.04 Å². The molecule has 1 N–H and O–H groups in total. The van der Waals surface area contributed by atoms with Gasteiger partial charge in [0.15, 0.2) is 0 Å². The zero-order chi connectivity index (χ0) is 12.3. The molecule has 1 saturated carbocycles. The molecule has 1 aliphatic rings. The maximum absolute atomic E-state index is 3.69. The van der Waals surface area contributed by atoms with Gasteiger partial charge in [-0.1, -0.05) is 26.7 Å². The van der Waals surface area contributed by atoms with Crippen LogP contribution in [0.5, 0.6) is 0 Å². The average Bonchev–Trinajstić information content (AvgIpc) is 2.32. The Labute approximate surface area is 119 Å². The van der Waals surface area contributed by atoms with Gasteiger partial charge in [0.2, 0.25) is 0 Å². The number of benzene rings is 1. The van der Waals surface area contributed by atoms with Gasteiger partial charge in [-0.15, -0.1) is 0 Å². The zero-order valence-electron chi connectivity index (χ0n) is 10.7. The Hall–Kier alpha value is -0.250. The molecule has 1 fully saturated rings. The van der Waals surface area contributed by atoms with E-state index in [1.165, 1.54) is 34.9 Å². The SMILES string of the molecule is CC(C)C1CCCC(Nc2ccc(I)cc2)C1. The summed E-state index contributed by atoms with van der Waals surface area (Å²) in [5.41, 5.74) is 1.28. The van der Waals surface area contributed by atoms with E-state index in [0.29, 0.717) is 6.04 Å². The number of nitrogens with one attached hydrogen (secondary N) is 1. The molecule has 1 aliphatic carbocycles. The molecule has 94 valence electrons. The van der Waals surface area contributed by atoms with Crippen molar-refractivity contribution in [2.75, 3.05) is 5.32 Å². The number of halogens is 1. The number of hydrogen-bond donors (Lipinski definition) is 1. The summed E-state index contributed by atoms with van der Waals surface area (Å²) < 4.78 is 1.30. The molecule has 2 atom stereocenters. The first kappa shape index (κ1) is 13.2. The molecule has 1 aromatic rings. The van der Waals surface area contributed by atoms with Crippen LogP contribution in [0.3, 0.4) is 0 Å². The minimum atomic E-state index is 0.677. The van der Waals surface area contributed by atoms with Gasteiger partial charge >= 0.3 is 0 Å². The molecule has 2 rings (SSSR count). The second-order valence-corrected chi connectivity index (χ2v) is 6.76. The minimum Gasteiger partial charge on any atom is -0.382 e. The fourth-order valence-corrected chi connectivity index (χ4v) is 3.11. The summed E-state index contributed by atoms with van der Waals surface area (Å²) in [7, 11) is 0. The van der Waals surface area contributed by atoms with Crippen molar-refractivity contribution in [3.05, 3.63) is 27.8 Å². The second kappa shape index (κ2) is 6.07. The van der Waals surface area contributed by atoms with Crippen LogP contribution in [0.25, 0.3) is 0 Å². The van der Waals surface area contributed by atoms with Crippen LogP contribution in [0.2, 0.25) is 0 Å². The highest BCUT2D eigenvalue weighted by molar-refractivity contribution is 14.1. The van der Waals surface area contributed by atoms with Gasteiger partial charge < -0.3 is 5.32 Å². The fraction of sp³-hybridized carbons (Fsp3) is 0.600. The monoisotopic (exact) mass is 343 g/mol. The highest BCUT2D eigenvalue weighted by Gasteiger charge is 2.23. The summed E-state index contributed by atoms with van der Waals surface area (Å²) >= 11 is 2.35. The smallest absolute Gasteiger partial charge is 0.0343 e. The first-order valence-corrected chi connectivity index (χ1v) is 7.75. The lowest BCUT2D eigenvalue weighted by Gasteiger charge is -2.32. The van der Waals surface area contributed by atoms with E-state index in [9.17, 15) is 0 Å². The molecule has 0 amide bonds. The molecule has 0 radical (unpaired) electrons. The summed E-state index contributed by atoms with van der Waals surface area (Å²) in [5.74, 6) is 1.74. The Morgan fingerprint density at radius 2 is 1.88 bits per heavy atom. The first-order valence-electron chi connectivity index (χ1n) is 6.67. The maximum Gasteiger partial charge on any atom is 0.0343 e. The van der Waals surface area contributed by atoms with E-state index in [4.69, 9.17) is 0 Å². The maximum atomic E-state index is 3.69. The quantitative estimate of drug-likeness (QED) is 0.769. The predicted molar refractivity (Wildman–Crippen MR) is 83.4 cm³/mol. The molecule has 0 aromatic heterocycles. The van der Waals surface area contributed by atoms with Gasteiger partial charge in [-0.05, 0) is 71.5 Å². The third-order valence-electron chi connectivity index (χ3n) is 3.87. The van der Waals surface area contributed by atoms with Crippen LogP contribution in [0.4, 0.5) is 5.69 Å². The topological polar surface area (TPSA) is 12.0 Å². The van der Waals surface area contributed by atoms with Crippen LogP contribution < -0.4 is 5.32 Å². The van der Waals surface area contributed by atoms with Crippen molar-refractivity contribution in [1.29, 1.82) is 0 Å². The molecule has 1 aromatic carbocycles. The van der Waals surface area contributed by atoms with Crippen molar-refractivity contribution < 1.29 is 0 Å². The van der Waals surface area contributed by atoms with E-state index in [2.05, 4.69) is 66.0 Å². The minimum absolute atomic E-state index is 0.677. The predicted octanol–water partition coefficient (Wildman–Crippen LogP) is 4.92. The van der Waals surface area contributed by atoms with E-state index < -0.39 is 0 Å². The van der Waals surface area contributed by atoms with Crippen LogP contribution >= 0.6 is 22.6 Å². The molecule has 2 unspecified atom stereocenters. The molecule has 0 aliphatic heterocycles. The van der Waals surface area contributed by atoms with Crippen molar-refractivity contribution in [3.8, 4) is 0 Å². The summed E-state index contributed by atoms with van der Waals surface area (Å²) in [6.45, 7) is 4.72. The molecule has 2 heteroatoms. The van der Waals surface area contributed by atoms with E-state index >= 15 is 0 Å². The summed E-state index contributed by atoms with van der Waals surface area (Å²) in [6.07, 6.45) is 5.46. The molecule has 17 heavy (non-hydrogen) atoms. The van der Waals surface area contributed by atoms with Gasteiger partial charge in [0.1, 0.15) is 0 Å². The van der Waals surface area contributed by atoms with Crippen molar-refractivity contribution in [2.45, 2.75) is 45.6 Å². The lowest BCUT2D eigenvalue weighted by atomic mass is 9.79. The van der Waals surface area contributed by atoms with Gasteiger partial charge in [-0.2, -0.15) is 0 Å². The van der Waals surface area contributed by atoms with Crippen molar-refractivity contribution in [3.63, 3.8) is 0 Å². The number of anilines is 1. The highest BCUT2D eigenvalue weighted by atomic mass is 127. The van der Waals surface area contributed by atoms with E-state index in [1.807, 2.05) is 0 Å². The first-order chi connectivity index (χ1) is 8.15. The summed E-state index contributed by atoms with van der Waals surface area (Å²) in [5, 5.41) is 3.69. The second-order valence-electron chi connectivity index (χ2n) is 5.52. The largest absolute Gasteiger partial charge is 0.382 e. The third-order valence-corrected chi connectivity index (χ3v) is 4.59. The lowest BCUT2D eigenvalue weighted by molar-refractivity contribution is 0.264. The van der Waals surface area contributed by atoms with E-state index in [1.54, 1.807) is 0 Å². The Morgan fingerprint density at radius 1 is 1.18 bits per heavy atom. The van der Waals surface area contributed by atoms with E-state index in [-0.39, 0.29) is 0 Å². The van der Waals surface area contributed by atoms with Gasteiger partial charge in [0.05, 0.1) is 0 Å². The molecule has 0 spiro atoms. The van der Waals surface area contributed by atoms with Crippen molar-refractivity contribution in [2.24, 2.45) is 11.8 Å². The van der Waals surface area contributed by atoms with Crippen LogP contribution in [0.1, 0.15) is 39.5 Å². The summed E-state index contributed by atoms with van der Waals surface area (Å²) in [4.78, 5) is 0. The number of rotatable bonds is 3. The standard InChI is InChI=1S/C15H22IN/c1-11(2)12-4-3-5-15(10-12)17-14-8-6-13(16)7-9-14/h6-9,11-12,15,17H,3-5,10H2,1-2H3. The third kappa shape index (κ3) is 3.87. The molecule has 0 bridgehead atoms. The van der Waals surface area contributed by atoms with Gasteiger partial charge in [-0.25, -0.2) is 0 Å². The number of hydrogen-bond acceptors (Lipinski definition) is 1. The zero-order valence-corrected chi connectivity index (χ0v) is 12.9. The van der Waals surface area contributed by atoms with Crippen LogP contribution in [-0.2, 0) is 0 Å². The fourth-order valence-electron chi connectivity index (χ4n) is 2.75. The van der Waals surface area contributed by atoms with Gasteiger partial charge in [0.25, 0.3) is 0 Å². The molecular weight excluding hydrogens is 321 g/mol. The molecule has 0 saturated heterocycles. The lowest BCUT2D eigenvalue weighted by Crippen LogP contribution is -2.29. The van der Waals surface area contributed by atoms with Crippen molar-refractivity contribution >= 4 is 28.3 Å². The molecular formula is C15H22IN. The van der Waals surface area contributed by atoms with Crippen molar-refractivity contribution in [1.82, 2.24) is 0 Å². The Morgan fingerprint density at radius 3 is 2.53 bits per heavy atom. The molecule has 0 heterocycles. The average molecular weight is 343 g/mol. The van der Waals surface area contributed by atoms with Gasteiger partial charge in [-0.3, -0.25) is 0 Å². The highest BCUT2D eigenvalue weighted by Crippen LogP contribution is 2.31. The Balaban J connectivity index is 1.92. The van der Waals surface area contributed by atoms with E-state index in [0.717, 1.165) is 11.8 Å². The Kier molecular flexibility index (Phi) is 4.71. The summed E-state index contributed by atoms with van der Waals surface area (Å²) in [6, 6.07) is 9.41. The van der Waals surface area contributed by atoms with Gasteiger partial charge in [0, 0.05) is 15.3 Å². The van der Waals surface area contributed by atoms with Crippen LogP contribution in [0.15, 0.2) is 24.3 Å². The Bertz CT molecular complexity index is 344. The molecule has 1 nitrogen and oxygen atoms in total. The van der Waals surface area contributed by atoms with Crippen LogP contribution in [0, 0.1) is 15.4 Å². The normalized spacial score (nSPS) is 24.9.